The molecule has 0 bridgehead atoms. The van der Waals surface area contributed by atoms with E-state index in [0.717, 1.165) is 10.9 Å². The molecule has 1 fully saturated rings. The molecule has 0 saturated heterocycles. The molecule has 0 aromatic heterocycles. The Morgan fingerprint density at radius 2 is 1.68 bits per heavy atom. The van der Waals surface area contributed by atoms with Gasteiger partial charge < -0.3 is 0 Å². The number of halogens is 1. The molecule has 19 heavy (non-hydrogen) atoms. The lowest BCUT2D eigenvalue weighted by Gasteiger charge is -2.22. The fourth-order valence-electron chi connectivity index (χ4n) is 2.47. The second-order valence-corrected chi connectivity index (χ2v) is 5.51. The molecule has 0 amide bonds. The minimum absolute atomic E-state index is 0.343. The third-order valence-electron chi connectivity index (χ3n) is 3.74. The Morgan fingerprint density at radius 3 is 2.16 bits per heavy atom. The highest BCUT2D eigenvalue weighted by molar-refractivity contribution is 6.31. The average Bonchev–Trinajstić information content (AvgIpc) is 2.48. The van der Waals surface area contributed by atoms with Crippen LogP contribution in [0.2, 0.25) is 5.02 Å². The zero-order valence-electron chi connectivity index (χ0n) is 12.1. The van der Waals surface area contributed by atoms with E-state index >= 15 is 0 Å². The van der Waals surface area contributed by atoms with E-state index in [9.17, 15) is 4.79 Å². The lowest BCUT2D eigenvalue weighted by atomic mass is 9.84. The van der Waals surface area contributed by atoms with E-state index in [1.54, 1.807) is 0 Å². The highest BCUT2D eigenvalue weighted by Gasteiger charge is 2.16. The van der Waals surface area contributed by atoms with Crippen molar-refractivity contribution in [3.63, 3.8) is 0 Å². The van der Waals surface area contributed by atoms with Gasteiger partial charge in [0.05, 0.1) is 0 Å². The summed E-state index contributed by atoms with van der Waals surface area (Å²) < 4.78 is 0. The van der Waals surface area contributed by atoms with Gasteiger partial charge in [-0.2, -0.15) is 0 Å². The molecule has 106 valence electrons. The van der Waals surface area contributed by atoms with E-state index in [1.165, 1.54) is 37.7 Å². The van der Waals surface area contributed by atoms with Crippen molar-refractivity contribution in [2.24, 2.45) is 0 Å². The first kappa shape index (κ1) is 16.2. The van der Waals surface area contributed by atoms with E-state index in [-0.39, 0.29) is 0 Å². The van der Waals surface area contributed by atoms with Crippen molar-refractivity contribution in [3.05, 3.63) is 34.9 Å². The topological polar surface area (TPSA) is 17.1 Å². The summed E-state index contributed by atoms with van der Waals surface area (Å²) in [6.07, 6.45) is 8.17. The summed E-state index contributed by atoms with van der Waals surface area (Å²) in [4.78, 5) is 10.2. The summed E-state index contributed by atoms with van der Waals surface area (Å²) in [7, 11) is 0. The highest BCUT2D eigenvalue weighted by atomic mass is 35.5. The largest absolute Gasteiger partial charge is 0.300 e. The fraction of sp³-hybridized carbons (Fsp3) is 0.588. The van der Waals surface area contributed by atoms with E-state index in [2.05, 4.69) is 12.1 Å². The number of hydrogen-bond acceptors (Lipinski definition) is 1. The molecule has 0 N–H and O–H groups in total. The maximum atomic E-state index is 10.2. The molecule has 1 saturated carbocycles. The van der Waals surface area contributed by atoms with Crippen molar-refractivity contribution in [2.45, 2.75) is 64.7 Å². The Balaban J connectivity index is 0.000000258. The number of carbonyl (C=O) groups is 1. The normalized spacial score (nSPS) is 15.5. The molecule has 0 aliphatic heterocycles. The monoisotopic (exact) mass is 280 g/mol. The third-order valence-corrected chi connectivity index (χ3v) is 4.08. The number of rotatable bonds is 3. The molecule has 0 atom stereocenters. The molecule has 0 unspecified atom stereocenters. The van der Waals surface area contributed by atoms with Crippen LogP contribution in [0.1, 0.15) is 70.3 Å². The van der Waals surface area contributed by atoms with Gasteiger partial charge in [0, 0.05) is 17.9 Å². The molecule has 1 aromatic carbocycles. The first-order chi connectivity index (χ1) is 9.19. The van der Waals surface area contributed by atoms with Crippen LogP contribution in [0.25, 0.3) is 0 Å². The lowest BCUT2D eigenvalue weighted by Crippen LogP contribution is -2.04. The Hall–Kier alpha value is -0.820. The van der Waals surface area contributed by atoms with Gasteiger partial charge in [0.1, 0.15) is 5.78 Å². The van der Waals surface area contributed by atoms with E-state index in [1.807, 2.05) is 26.0 Å². The molecule has 0 radical (unpaired) electrons. The van der Waals surface area contributed by atoms with Crippen molar-refractivity contribution in [3.8, 4) is 0 Å². The second kappa shape index (κ2) is 9.14. The van der Waals surface area contributed by atoms with E-state index < -0.39 is 0 Å². The summed E-state index contributed by atoms with van der Waals surface area (Å²) in [6, 6.07) is 8.29. The van der Waals surface area contributed by atoms with Gasteiger partial charge in [-0.25, -0.2) is 0 Å². The number of Topliss-reactive ketones (excluding diaryl/α,β-unsaturated/α-hetero) is 1. The zero-order valence-corrected chi connectivity index (χ0v) is 12.9. The Bertz CT molecular complexity index is 375. The molecule has 1 nitrogen and oxygen atoms in total. The SMILES string of the molecule is CCC(=O)CC.Clc1ccccc1C1CCCCC1. The summed E-state index contributed by atoms with van der Waals surface area (Å²) in [5.74, 6) is 1.07. The van der Waals surface area contributed by atoms with Crippen molar-refractivity contribution in [1.82, 2.24) is 0 Å². The van der Waals surface area contributed by atoms with Crippen molar-refractivity contribution >= 4 is 17.4 Å². The van der Waals surface area contributed by atoms with Gasteiger partial charge in [0.25, 0.3) is 0 Å². The third kappa shape index (κ3) is 5.78. The molecule has 2 heteroatoms. The van der Waals surface area contributed by atoms with Crippen LogP contribution in [-0.4, -0.2) is 5.78 Å². The van der Waals surface area contributed by atoms with Gasteiger partial charge >= 0.3 is 0 Å². The van der Waals surface area contributed by atoms with Crippen LogP contribution in [0, 0.1) is 0 Å². The molecule has 0 heterocycles. The van der Waals surface area contributed by atoms with Crippen LogP contribution in [0.15, 0.2) is 24.3 Å². The first-order valence-corrected chi connectivity index (χ1v) is 7.82. The molecular formula is C17H25ClO. The minimum Gasteiger partial charge on any atom is -0.300 e. The van der Waals surface area contributed by atoms with Crippen LogP contribution in [0.3, 0.4) is 0 Å². The van der Waals surface area contributed by atoms with Crippen LogP contribution in [0.5, 0.6) is 0 Å². The Morgan fingerprint density at radius 1 is 1.11 bits per heavy atom. The summed E-state index contributed by atoms with van der Waals surface area (Å²) >= 11 is 6.16. The molecule has 0 spiro atoms. The van der Waals surface area contributed by atoms with Gasteiger partial charge in [-0.05, 0) is 30.4 Å². The average molecular weight is 281 g/mol. The van der Waals surface area contributed by atoms with Crippen molar-refractivity contribution in [2.75, 3.05) is 0 Å². The Kier molecular flexibility index (Phi) is 7.81. The smallest absolute Gasteiger partial charge is 0.132 e. The fourth-order valence-corrected chi connectivity index (χ4v) is 2.76. The van der Waals surface area contributed by atoms with Gasteiger partial charge in [0.2, 0.25) is 0 Å². The maximum absolute atomic E-state index is 10.2. The van der Waals surface area contributed by atoms with Crippen LogP contribution in [-0.2, 0) is 4.79 Å². The standard InChI is InChI=1S/C12H15Cl.C5H10O/c13-12-9-5-4-8-11(12)10-6-2-1-3-7-10;1-3-5(6)4-2/h4-5,8-10H,1-3,6-7H2;3-4H2,1-2H3. The van der Waals surface area contributed by atoms with Crippen LogP contribution < -0.4 is 0 Å². The van der Waals surface area contributed by atoms with Gasteiger partial charge in [-0.3, -0.25) is 4.79 Å². The highest BCUT2D eigenvalue weighted by Crippen LogP contribution is 2.35. The number of benzene rings is 1. The minimum atomic E-state index is 0.343. The molecule has 2 rings (SSSR count). The summed E-state index contributed by atoms with van der Waals surface area (Å²) in [6.45, 7) is 3.76. The van der Waals surface area contributed by atoms with Crippen LogP contribution >= 0.6 is 11.6 Å². The Labute approximate surface area is 122 Å². The van der Waals surface area contributed by atoms with Gasteiger partial charge in [0.15, 0.2) is 0 Å². The number of hydrogen-bond donors (Lipinski definition) is 0. The number of ketones is 1. The van der Waals surface area contributed by atoms with Crippen molar-refractivity contribution < 1.29 is 4.79 Å². The van der Waals surface area contributed by atoms with Gasteiger partial charge in [-0.15, -0.1) is 0 Å². The van der Waals surface area contributed by atoms with Crippen LogP contribution in [0.4, 0.5) is 0 Å². The number of carbonyl (C=O) groups excluding carboxylic acids is 1. The molecule has 1 aromatic rings. The van der Waals surface area contributed by atoms with E-state index in [4.69, 9.17) is 11.6 Å². The molecular weight excluding hydrogens is 256 g/mol. The van der Waals surface area contributed by atoms with Crippen molar-refractivity contribution in [1.29, 1.82) is 0 Å². The summed E-state index contributed by atoms with van der Waals surface area (Å²) in [5, 5.41) is 0.953. The van der Waals surface area contributed by atoms with Gasteiger partial charge in [-0.1, -0.05) is 62.9 Å². The zero-order chi connectivity index (χ0) is 14.1. The lowest BCUT2D eigenvalue weighted by molar-refractivity contribution is -0.118. The first-order valence-electron chi connectivity index (χ1n) is 7.45. The predicted octanol–water partition coefficient (Wildman–Crippen LogP) is 5.76. The molecule has 1 aliphatic carbocycles. The quantitative estimate of drug-likeness (QED) is 0.687. The molecule has 1 aliphatic rings. The van der Waals surface area contributed by atoms with E-state index in [0.29, 0.717) is 18.6 Å². The second-order valence-electron chi connectivity index (χ2n) is 5.10. The summed E-state index contributed by atoms with van der Waals surface area (Å²) in [5.41, 5.74) is 1.36. The predicted molar refractivity (Wildman–Crippen MR) is 82.9 cm³/mol. The maximum Gasteiger partial charge on any atom is 0.132 e.